The molecular weight excluding hydrogens is 200 g/mol. The lowest BCUT2D eigenvalue weighted by Crippen LogP contribution is -2.04. The average molecular weight is 218 g/mol. The maximum Gasteiger partial charge on any atom is 0.119 e. The second-order valence-corrected chi connectivity index (χ2v) is 4.14. The van der Waals surface area contributed by atoms with Crippen molar-refractivity contribution in [3.05, 3.63) is 29.5 Å². The molecular formula is C13H18N2O. The van der Waals surface area contributed by atoms with E-state index in [0.717, 1.165) is 12.3 Å². The number of rotatable bonds is 3. The van der Waals surface area contributed by atoms with E-state index >= 15 is 0 Å². The summed E-state index contributed by atoms with van der Waals surface area (Å²) in [6.45, 7) is 3.00. The van der Waals surface area contributed by atoms with E-state index in [2.05, 4.69) is 42.2 Å². The molecule has 0 aliphatic carbocycles. The van der Waals surface area contributed by atoms with Crippen molar-refractivity contribution in [2.45, 2.75) is 13.5 Å². The molecule has 2 aromatic rings. The van der Waals surface area contributed by atoms with Gasteiger partial charge in [-0.25, -0.2) is 0 Å². The molecule has 86 valence electrons. The van der Waals surface area contributed by atoms with E-state index in [9.17, 15) is 0 Å². The van der Waals surface area contributed by atoms with Crippen LogP contribution in [0.4, 0.5) is 0 Å². The van der Waals surface area contributed by atoms with Crippen molar-refractivity contribution >= 4 is 10.9 Å². The third kappa shape index (κ3) is 1.67. The van der Waals surface area contributed by atoms with Gasteiger partial charge in [0.2, 0.25) is 0 Å². The molecule has 0 aliphatic rings. The van der Waals surface area contributed by atoms with Crippen LogP contribution in [-0.4, -0.2) is 18.7 Å². The van der Waals surface area contributed by atoms with Crippen molar-refractivity contribution in [3.63, 3.8) is 0 Å². The average Bonchev–Trinajstić information content (AvgIpc) is 2.56. The van der Waals surface area contributed by atoms with E-state index in [1.54, 1.807) is 7.11 Å². The molecule has 0 radical (unpaired) electrons. The van der Waals surface area contributed by atoms with Crippen LogP contribution in [0.2, 0.25) is 0 Å². The van der Waals surface area contributed by atoms with Crippen molar-refractivity contribution in [2.75, 3.05) is 14.2 Å². The summed E-state index contributed by atoms with van der Waals surface area (Å²) in [5.41, 5.74) is 3.84. The summed E-state index contributed by atoms with van der Waals surface area (Å²) < 4.78 is 7.49. The Kier molecular flexibility index (Phi) is 2.88. The quantitative estimate of drug-likeness (QED) is 0.855. The zero-order valence-corrected chi connectivity index (χ0v) is 10.3. The van der Waals surface area contributed by atoms with Crippen LogP contribution in [0.25, 0.3) is 10.9 Å². The molecule has 0 saturated heterocycles. The van der Waals surface area contributed by atoms with Crippen LogP contribution >= 0.6 is 0 Å². The number of methoxy groups -OCH3 is 1. The van der Waals surface area contributed by atoms with E-state index < -0.39 is 0 Å². The Morgan fingerprint density at radius 1 is 1.38 bits per heavy atom. The van der Waals surface area contributed by atoms with Crippen molar-refractivity contribution in [2.24, 2.45) is 7.05 Å². The molecule has 2 rings (SSSR count). The molecule has 1 heterocycles. The standard InChI is InChI=1S/C13H18N2O/c1-9-5-11(16-4)6-12-10(7-14-2)8-15(3)13(9)12/h5-6,8,14H,7H2,1-4H3. The highest BCUT2D eigenvalue weighted by Gasteiger charge is 2.09. The van der Waals surface area contributed by atoms with Crippen molar-refractivity contribution in [1.82, 2.24) is 9.88 Å². The number of fused-ring (bicyclic) bond motifs is 1. The molecule has 1 aromatic heterocycles. The van der Waals surface area contributed by atoms with Gasteiger partial charge in [-0.3, -0.25) is 0 Å². The maximum absolute atomic E-state index is 5.32. The highest BCUT2D eigenvalue weighted by atomic mass is 16.5. The number of aryl methyl sites for hydroxylation is 2. The van der Waals surface area contributed by atoms with Crippen molar-refractivity contribution in [1.29, 1.82) is 0 Å². The minimum atomic E-state index is 0.879. The van der Waals surface area contributed by atoms with Gasteiger partial charge in [-0.15, -0.1) is 0 Å². The fourth-order valence-corrected chi connectivity index (χ4v) is 2.28. The van der Waals surface area contributed by atoms with E-state index in [1.165, 1.54) is 22.0 Å². The number of aromatic nitrogens is 1. The number of ether oxygens (including phenoxy) is 1. The first-order chi connectivity index (χ1) is 7.67. The zero-order chi connectivity index (χ0) is 11.7. The number of nitrogens with one attached hydrogen (secondary N) is 1. The molecule has 0 fully saturated rings. The Morgan fingerprint density at radius 3 is 2.75 bits per heavy atom. The van der Waals surface area contributed by atoms with Gasteiger partial charge in [0.25, 0.3) is 0 Å². The topological polar surface area (TPSA) is 26.2 Å². The fourth-order valence-electron chi connectivity index (χ4n) is 2.28. The molecule has 16 heavy (non-hydrogen) atoms. The Bertz CT molecular complexity index is 514. The molecule has 0 atom stereocenters. The monoisotopic (exact) mass is 218 g/mol. The molecule has 0 amide bonds. The van der Waals surface area contributed by atoms with Gasteiger partial charge in [-0.2, -0.15) is 0 Å². The molecule has 0 unspecified atom stereocenters. The van der Waals surface area contributed by atoms with E-state index in [-0.39, 0.29) is 0 Å². The third-order valence-electron chi connectivity index (χ3n) is 2.93. The van der Waals surface area contributed by atoms with Crippen LogP contribution in [0.15, 0.2) is 18.3 Å². The summed E-state index contributed by atoms with van der Waals surface area (Å²) in [4.78, 5) is 0. The van der Waals surface area contributed by atoms with Gasteiger partial charge in [0.05, 0.1) is 12.6 Å². The van der Waals surface area contributed by atoms with Crippen LogP contribution in [0.1, 0.15) is 11.1 Å². The van der Waals surface area contributed by atoms with Crippen LogP contribution in [-0.2, 0) is 13.6 Å². The lowest BCUT2D eigenvalue weighted by atomic mass is 10.1. The van der Waals surface area contributed by atoms with Gasteiger partial charge in [0.1, 0.15) is 5.75 Å². The Hall–Kier alpha value is -1.48. The van der Waals surface area contributed by atoms with Crippen molar-refractivity contribution < 1.29 is 4.74 Å². The van der Waals surface area contributed by atoms with Crippen LogP contribution in [0, 0.1) is 6.92 Å². The second-order valence-electron chi connectivity index (χ2n) is 4.14. The number of benzene rings is 1. The lowest BCUT2D eigenvalue weighted by Gasteiger charge is -2.05. The van der Waals surface area contributed by atoms with Gasteiger partial charge in [-0.1, -0.05) is 0 Å². The smallest absolute Gasteiger partial charge is 0.119 e. The summed E-state index contributed by atoms with van der Waals surface area (Å²) in [5, 5.41) is 4.46. The number of nitrogens with zero attached hydrogens (tertiary/aromatic N) is 1. The molecule has 3 nitrogen and oxygen atoms in total. The normalized spacial score (nSPS) is 11.0. The molecule has 0 bridgehead atoms. The largest absolute Gasteiger partial charge is 0.497 e. The molecule has 0 aliphatic heterocycles. The Labute approximate surface area is 96.0 Å². The highest BCUT2D eigenvalue weighted by Crippen LogP contribution is 2.28. The highest BCUT2D eigenvalue weighted by molar-refractivity contribution is 5.88. The fraction of sp³-hybridized carbons (Fsp3) is 0.385. The van der Waals surface area contributed by atoms with Crippen LogP contribution in [0.5, 0.6) is 5.75 Å². The molecule has 0 saturated carbocycles. The minimum Gasteiger partial charge on any atom is -0.497 e. The first-order valence-electron chi connectivity index (χ1n) is 5.44. The predicted molar refractivity (Wildman–Crippen MR) is 67.0 cm³/mol. The van der Waals surface area contributed by atoms with Gasteiger partial charge >= 0.3 is 0 Å². The number of hydrogen-bond acceptors (Lipinski definition) is 2. The summed E-state index contributed by atoms with van der Waals surface area (Å²) in [6.07, 6.45) is 2.17. The third-order valence-corrected chi connectivity index (χ3v) is 2.93. The van der Waals surface area contributed by atoms with Gasteiger partial charge in [0, 0.05) is 25.2 Å². The molecule has 1 aromatic carbocycles. The SMILES string of the molecule is CNCc1cn(C)c2c(C)cc(OC)cc12. The zero-order valence-electron chi connectivity index (χ0n) is 10.3. The maximum atomic E-state index is 5.32. The summed E-state index contributed by atoms with van der Waals surface area (Å²) in [6, 6.07) is 4.18. The van der Waals surface area contributed by atoms with Gasteiger partial charge in [0.15, 0.2) is 0 Å². The van der Waals surface area contributed by atoms with E-state index in [1.807, 2.05) is 7.05 Å². The Balaban J connectivity index is 2.71. The van der Waals surface area contributed by atoms with Crippen LogP contribution in [0.3, 0.4) is 0 Å². The van der Waals surface area contributed by atoms with Crippen LogP contribution < -0.4 is 10.1 Å². The van der Waals surface area contributed by atoms with E-state index in [0.29, 0.717) is 0 Å². The summed E-state index contributed by atoms with van der Waals surface area (Å²) in [7, 11) is 5.76. The first-order valence-corrected chi connectivity index (χ1v) is 5.44. The first kappa shape index (κ1) is 11.0. The second kappa shape index (κ2) is 4.18. The Morgan fingerprint density at radius 2 is 2.12 bits per heavy atom. The summed E-state index contributed by atoms with van der Waals surface area (Å²) >= 11 is 0. The number of hydrogen-bond donors (Lipinski definition) is 1. The van der Waals surface area contributed by atoms with Gasteiger partial charge in [-0.05, 0) is 37.2 Å². The molecule has 1 N–H and O–H groups in total. The van der Waals surface area contributed by atoms with E-state index in [4.69, 9.17) is 4.74 Å². The van der Waals surface area contributed by atoms with Crippen molar-refractivity contribution in [3.8, 4) is 5.75 Å². The molecule has 3 heteroatoms. The molecule has 0 spiro atoms. The van der Waals surface area contributed by atoms with Gasteiger partial charge < -0.3 is 14.6 Å². The lowest BCUT2D eigenvalue weighted by molar-refractivity contribution is 0.415. The minimum absolute atomic E-state index is 0.879. The predicted octanol–water partition coefficient (Wildman–Crippen LogP) is 2.21. The summed E-state index contributed by atoms with van der Waals surface area (Å²) in [5.74, 6) is 0.925.